The summed E-state index contributed by atoms with van der Waals surface area (Å²) in [7, 11) is 0. The Labute approximate surface area is 97.4 Å². The maximum atomic E-state index is 13.7. The number of esters is 1. The highest BCUT2D eigenvalue weighted by Crippen LogP contribution is 2.21. The molecule has 17 heavy (non-hydrogen) atoms. The van der Waals surface area contributed by atoms with Crippen molar-refractivity contribution in [3.8, 4) is 0 Å². The molecule has 5 heteroatoms. The molecule has 0 aliphatic heterocycles. The zero-order valence-corrected chi connectivity index (χ0v) is 9.77. The van der Waals surface area contributed by atoms with Gasteiger partial charge < -0.3 is 4.74 Å². The minimum atomic E-state index is -1.18. The number of carbonyl (C=O) groups excluding carboxylic acids is 2. The van der Waals surface area contributed by atoms with Gasteiger partial charge in [-0.3, -0.25) is 4.79 Å². The number of aryl methyl sites for hydroxylation is 1. The van der Waals surface area contributed by atoms with Crippen LogP contribution in [-0.4, -0.2) is 18.4 Å². The lowest BCUT2D eigenvalue weighted by Gasteiger charge is -2.09. The number of hydrogen-bond acceptors (Lipinski definition) is 3. The van der Waals surface area contributed by atoms with Crippen LogP contribution in [0.15, 0.2) is 6.07 Å². The average molecular weight is 242 g/mol. The van der Waals surface area contributed by atoms with Crippen molar-refractivity contribution in [1.29, 1.82) is 0 Å². The van der Waals surface area contributed by atoms with E-state index >= 15 is 0 Å². The highest BCUT2D eigenvalue weighted by molar-refractivity contribution is 6.41. The average Bonchev–Trinajstić information content (AvgIpc) is 2.27. The van der Waals surface area contributed by atoms with E-state index < -0.39 is 29.0 Å². The van der Waals surface area contributed by atoms with E-state index in [-0.39, 0.29) is 17.7 Å². The number of carbonyl (C=O) groups is 2. The molecule has 1 rings (SSSR count). The third kappa shape index (κ3) is 2.49. The van der Waals surface area contributed by atoms with Crippen molar-refractivity contribution in [1.82, 2.24) is 0 Å². The van der Waals surface area contributed by atoms with Crippen LogP contribution in [0.4, 0.5) is 8.78 Å². The van der Waals surface area contributed by atoms with E-state index in [0.717, 1.165) is 6.07 Å². The van der Waals surface area contributed by atoms with Gasteiger partial charge in [0.1, 0.15) is 11.6 Å². The van der Waals surface area contributed by atoms with Crippen LogP contribution in [0.1, 0.15) is 28.4 Å². The molecule has 0 radical (unpaired) electrons. The largest absolute Gasteiger partial charge is 0.460 e. The van der Waals surface area contributed by atoms with Gasteiger partial charge in [0.05, 0.1) is 12.2 Å². The minimum absolute atomic E-state index is 0.000458. The first-order chi connectivity index (χ1) is 7.90. The van der Waals surface area contributed by atoms with Crippen LogP contribution in [0.5, 0.6) is 0 Å². The summed E-state index contributed by atoms with van der Waals surface area (Å²) < 4.78 is 31.5. The maximum absolute atomic E-state index is 13.7. The normalized spacial score (nSPS) is 10.2. The van der Waals surface area contributed by atoms with Gasteiger partial charge in [0.15, 0.2) is 0 Å². The van der Waals surface area contributed by atoms with E-state index in [1.807, 2.05) is 0 Å². The molecule has 0 heterocycles. The summed E-state index contributed by atoms with van der Waals surface area (Å²) in [5.74, 6) is -3.96. The molecule has 0 aliphatic carbocycles. The highest BCUT2D eigenvalue weighted by atomic mass is 19.1. The quantitative estimate of drug-likeness (QED) is 0.464. The predicted octanol–water partition coefficient (Wildman–Crippen LogP) is 2.33. The smallest absolute Gasteiger partial charge is 0.379 e. The number of ketones is 1. The summed E-state index contributed by atoms with van der Waals surface area (Å²) in [6.45, 7) is 4.08. The fourth-order valence-corrected chi connectivity index (χ4v) is 1.41. The van der Waals surface area contributed by atoms with E-state index in [1.54, 1.807) is 0 Å². The summed E-state index contributed by atoms with van der Waals surface area (Å²) in [5.41, 5.74) is -0.771. The van der Waals surface area contributed by atoms with E-state index in [4.69, 9.17) is 0 Å². The molecule has 0 N–H and O–H groups in total. The van der Waals surface area contributed by atoms with Gasteiger partial charge in [0.2, 0.25) is 0 Å². The van der Waals surface area contributed by atoms with Crippen molar-refractivity contribution in [2.45, 2.75) is 20.8 Å². The fourth-order valence-electron chi connectivity index (χ4n) is 1.41. The molecule has 0 bridgehead atoms. The first kappa shape index (κ1) is 13.3. The molecule has 0 fully saturated rings. The van der Waals surface area contributed by atoms with Crippen molar-refractivity contribution >= 4 is 11.8 Å². The van der Waals surface area contributed by atoms with Gasteiger partial charge >= 0.3 is 5.97 Å². The summed E-state index contributed by atoms with van der Waals surface area (Å²) in [6.07, 6.45) is 0. The Morgan fingerprint density at radius 3 is 2.41 bits per heavy atom. The zero-order valence-electron chi connectivity index (χ0n) is 9.77. The molecule has 1 aromatic rings. The van der Waals surface area contributed by atoms with Gasteiger partial charge in [-0.1, -0.05) is 0 Å². The Kier molecular flexibility index (Phi) is 3.93. The first-order valence-electron chi connectivity index (χ1n) is 5.06. The second-order valence-corrected chi connectivity index (χ2v) is 3.54. The third-order valence-corrected chi connectivity index (χ3v) is 2.33. The van der Waals surface area contributed by atoms with Gasteiger partial charge in [0.25, 0.3) is 5.78 Å². The number of halogens is 2. The number of Topliss-reactive ketones (excluding diaryl/α,β-unsaturated/α-hetero) is 1. The molecule has 92 valence electrons. The molecular formula is C12H12F2O3. The van der Waals surface area contributed by atoms with Crippen molar-refractivity contribution < 1.29 is 23.1 Å². The highest BCUT2D eigenvalue weighted by Gasteiger charge is 2.26. The van der Waals surface area contributed by atoms with Crippen LogP contribution in [0.2, 0.25) is 0 Å². The Morgan fingerprint density at radius 1 is 1.29 bits per heavy atom. The summed E-state index contributed by atoms with van der Waals surface area (Å²) >= 11 is 0. The lowest BCUT2D eigenvalue weighted by atomic mass is 10.00. The molecule has 0 aliphatic rings. The van der Waals surface area contributed by atoms with Crippen LogP contribution in [0, 0.1) is 25.5 Å². The summed E-state index contributed by atoms with van der Waals surface area (Å²) in [6, 6.07) is 0.979. The second kappa shape index (κ2) is 5.03. The van der Waals surface area contributed by atoms with Crippen LogP contribution < -0.4 is 0 Å². The molecule has 0 atom stereocenters. The topological polar surface area (TPSA) is 43.4 Å². The molecule has 1 aromatic carbocycles. The van der Waals surface area contributed by atoms with Crippen LogP contribution >= 0.6 is 0 Å². The number of hydrogen-bond donors (Lipinski definition) is 0. The first-order valence-corrected chi connectivity index (χ1v) is 5.06. The number of rotatable bonds is 3. The maximum Gasteiger partial charge on any atom is 0.379 e. The molecule has 0 saturated carbocycles. The zero-order chi connectivity index (χ0) is 13.2. The molecule has 0 unspecified atom stereocenters. The number of benzene rings is 1. The van der Waals surface area contributed by atoms with Gasteiger partial charge in [-0.15, -0.1) is 0 Å². The Hall–Kier alpha value is -1.78. The van der Waals surface area contributed by atoms with Crippen molar-refractivity contribution in [2.24, 2.45) is 0 Å². The number of ether oxygens (including phenoxy) is 1. The van der Waals surface area contributed by atoms with Crippen LogP contribution in [-0.2, 0) is 9.53 Å². The van der Waals surface area contributed by atoms with E-state index in [2.05, 4.69) is 4.74 Å². The second-order valence-electron chi connectivity index (χ2n) is 3.54. The van der Waals surface area contributed by atoms with Gasteiger partial charge in [0, 0.05) is 0 Å². The van der Waals surface area contributed by atoms with Crippen LogP contribution in [0.3, 0.4) is 0 Å². The Morgan fingerprint density at radius 2 is 1.88 bits per heavy atom. The summed E-state index contributed by atoms with van der Waals surface area (Å²) in [4.78, 5) is 22.8. The molecule has 3 nitrogen and oxygen atoms in total. The lowest BCUT2D eigenvalue weighted by molar-refractivity contribution is -0.137. The van der Waals surface area contributed by atoms with Crippen molar-refractivity contribution in [3.63, 3.8) is 0 Å². The van der Waals surface area contributed by atoms with Crippen LogP contribution in [0.25, 0.3) is 0 Å². The standard InChI is InChI=1S/C12H12F2O3/c1-4-17-12(16)11(15)9-7(3)8(13)5-6(2)10(9)14/h5H,4H2,1-3H3. The Bertz CT molecular complexity index is 455. The fraction of sp³-hybridized carbons (Fsp3) is 0.333. The van der Waals surface area contributed by atoms with E-state index in [9.17, 15) is 18.4 Å². The van der Waals surface area contributed by atoms with E-state index in [1.165, 1.54) is 20.8 Å². The molecule has 0 amide bonds. The molecule has 0 aromatic heterocycles. The van der Waals surface area contributed by atoms with E-state index in [0.29, 0.717) is 0 Å². The van der Waals surface area contributed by atoms with Gasteiger partial charge in [-0.2, -0.15) is 0 Å². The molecule has 0 spiro atoms. The predicted molar refractivity (Wildman–Crippen MR) is 56.8 cm³/mol. The van der Waals surface area contributed by atoms with Gasteiger partial charge in [-0.25, -0.2) is 13.6 Å². The lowest BCUT2D eigenvalue weighted by Crippen LogP contribution is -2.21. The summed E-state index contributed by atoms with van der Waals surface area (Å²) in [5, 5.41) is 0. The van der Waals surface area contributed by atoms with Crippen molar-refractivity contribution in [3.05, 3.63) is 34.4 Å². The Balaban J connectivity index is 3.31. The molecule has 0 saturated heterocycles. The monoisotopic (exact) mass is 242 g/mol. The third-order valence-electron chi connectivity index (χ3n) is 2.33. The van der Waals surface area contributed by atoms with Gasteiger partial charge in [-0.05, 0) is 38.0 Å². The molecular weight excluding hydrogens is 230 g/mol. The SMILES string of the molecule is CCOC(=O)C(=O)c1c(C)c(F)cc(C)c1F. The minimum Gasteiger partial charge on any atom is -0.460 e. The van der Waals surface area contributed by atoms with Crippen molar-refractivity contribution in [2.75, 3.05) is 6.61 Å².